The number of anilines is 1. The zero-order chi connectivity index (χ0) is 18.2. The van der Waals surface area contributed by atoms with Crippen molar-refractivity contribution in [3.63, 3.8) is 0 Å². The number of esters is 1. The van der Waals surface area contributed by atoms with Crippen molar-refractivity contribution in [1.82, 2.24) is 4.90 Å². The Bertz CT molecular complexity index is 629. The standard InChI is InChI=1S/C17H22N2O5S/c1-24-15(20)7-10-25-14-4-2-3-13(11-14)18-17(23)19-8-5-12(6-9-19)16(21)22/h2-4,11-12H,5-10H2,1H3,(H,18,23)(H,21,22). The van der Waals surface area contributed by atoms with E-state index in [4.69, 9.17) is 5.11 Å². The number of methoxy groups -OCH3 is 1. The van der Waals surface area contributed by atoms with Crippen molar-refractivity contribution in [1.29, 1.82) is 0 Å². The van der Waals surface area contributed by atoms with Crippen LogP contribution in [0.2, 0.25) is 0 Å². The summed E-state index contributed by atoms with van der Waals surface area (Å²) >= 11 is 1.51. The quantitative estimate of drug-likeness (QED) is 0.594. The van der Waals surface area contributed by atoms with Gasteiger partial charge >= 0.3 is 18.0 Å². The SMILES string of the molecule is COC(=O)CCSc1cccc(NC(=O)N2CCC(C(=O)O)CC2)c1. The largest absolute Gasteiger partial charge is 0.481 e. The van der Waals surface area contributed by atoms with Crippen LogP contribution in [0.25, 0.3) is 0 Å². The maximum Gasteiger partial charge on any atom is 0.321 e. The summed E-state index contributed by atoms with van der Waals surface area (Å²) in [6.45, 7) is 0.882. The van der Waals surface area contributed by atoms with E-state index in [1.165, 1.54) is 18.9 Å². The fourth-order valence-electron chi connectivity index (χ4n) is 2.55. The van der Waals surface area contributed by atoms with E-state index in [2.05, 4.69) is 10.1 Å². The first-order valence-corrected chi connectivity index (χ1v) is 9.06. The lowest BCUT2D eigenvalue weighted by Crippen LogP contribution is -2.42. The van der Waals surface area contributed by atoms with Gasteiger partial charge in [0.1, 0.15) is 0 Å². The molecule has 7 nitrogen and oxygen atoms in total. The molecule has 1 saturated heterocycles. The smallest absolute Gasteiger partial charge is 0.321 e. The number of thioether (sulfide) groups is 1. The lowest BCUT2D eigenvalue weighted by atomic mass is 9.97. The van der Waals surface area contributed by atoms with Crippen LogP contribution in [-0.4, -0.2) is 53.9 Å². The Morgan fingerprint density at radius 1 is 1.32 bits per heavy atom. The second kappa shape index (κ2) is 9.31. The monoisotopic (exact) mass is 366 g/mol. The molecule has 1 heterocycles. The van der Waals surface area contributed by atoms with E-state index in [9.17, 15) is 14.4 Å². The summed E-state index contributed by atoms with van der Waals surface area (Å²) in [5.41, 5.74) is 0.674. The van der Waals surface area contributed by atoms with Crippen molar-refractivity contribution < 1.29 is 24.2 Å². The highest BCUT2D eigenvalue weighted by Gasteiger charge is 2.26. The number of carbonyl (C=O) groups is 3. The Morgan fingerprint density at radius 3 is 2.68 bits per heavy atom. The van der Waals surface area contributed by atoms with Gasteiger partial charge in [-0.1, -0.05) is 6.07 Å². The number of hydrogen-bond acceptors (Lipinski definition) is 5. The number of piperidine rings is 1. The average molecular weight is 366 g/mol. The minimum Gasteiger partial charge on any atom is -0.481 e. The number of benzene rings is 1. The number of rotatable bonds is 6. The number of nitrogens with zero attached hydrogens (tertiary/aromatic N) is 1. The van der Waals surface area contributed by atoms with Crippen molar-refractivity contribution in [2.45, 2.75) is 24.2 Å². The molecule has 8 heteroatoms. The molecule has 2 rings (SSSR count). The summed E-state index contributed by atoms with van der Waals surface area (Å²) in [6, 6.07) is 7.18. The number of hydrogen-bond donors (Lipinski definition) is 2. The van der Waals surface area contributed by atoms with Gasteiger partial charge in [-0.15, -0.1) is 11.8 Å². The zero-order valence-electron chi connectivity index (χ0n) is 14.1. The third-order valence-electron chi connectivity index (χ3n) is 4.02. The summed E-state index contributed by atoms with van der Waals surface area (Å²) in [7, 11) is 1.36. The molecule has 1 aliphatic rings. The molecule has 1 fully saturated rings. The Hall–Kier alpha value is -2.22. The fourth-order valence-corrected chi connectivity index (χ4v) is 3.44. The summed E-state index contributed by atoms with van der Waals surface area (Å²) in [5.74, 6) is -0.802. The molecule has 0 aliphatic carbocycles. The summed E-state index contributed by atoms with van der Waals surface area (Å²) in [5, 5.41) is 11.8. The molecule has 2 amide bonds. The van der Waals surface area contributed by atoms with Crippen molar-refractivity contribution in [2.24, 2.45) is 5.92 Å². The summed E-state index contributed by atoms with van der Waals surface area (Å²) in [6.07, 6.45) is 1.29. The first-order chi connectivity index (χ1) is 12.0. The lowest BCUT2D eigenvalue weighted by molar-refractivity contribution is -0.143. The summed E-state index contributed by atoms with van der Waals surface area (Å²) in [4.78, 5) is 37.0. The van der Waals surface area contributed by atoms with Gasteiger partial charge in [-0.2, -0.15) is 0 Å². The van der Waals surface area contributed by atoms with Gasteiger partial charge in [0.25, 0.3) is 0 Å². The number of amides is 2. The van der Waals surface area contributed by atoms with Crippen molar-refractivity contribution in [3.8, 4) is 0 Å². The van der Waals surface area contributed by atoms with Crippen LogP contribution >= 0.6 is 11.8 Å². The molecule has 25 heavy (non-hydrogen) atoms. The average Bonchev–Trinajstić information content (AvgIpc) is 2.62. The number of likely N-dealkylation sites (tertiary alicyclic amines) is 1. The minimum atomic E-state index is -0.795. The molecule has 1 aromatic carbocycles. The van der Waals surface area contributed by atoms with Crippen molar-refractivity contribution in [3.05, 3.63) is 24.3 Å². The van der Waals surface area contributed by atoms with Crippen LogP contribution in [0.1, 0.15) is 19.3 Å². The predicted octanol–water partition coefficient (Wildman–Crippen LogP) is 2.67. The lowest BCUT2D eigenvalue weighted by Gasteiger charge is -2.30. The molecule has 0 unspecified atom stereocenters. The molecule has 0 radical (unpaired) electrons. The van der Waals surface area contributed by atoms with Gasteiger partial charge in [-0.3, -0.25) is 9.59 Å². The Kier molecular flexibility index (Phi) is 7.12. The van der Waals surface area contributed by atoms with E-state index in [0.717, 1.165) is 4.90 Å². The molecule has 0 spiro atoms. The Labute approximate surface area is 150 Å². The van der Waals surface area contributed by atoms with Crippen LogP contribution in [0.15, 0.2) is 29.2 Å². The van der Waals surface area contributed by atoms with Gasteiger partial charge in [-0.05, 0) is 31.0 Å². The van der Waals surface area contributed by atoms with Crippen LogP contribution in [-0.2, 0) is 14.3 Å². The number of urea groups is 1. The number of ether oxygens (including phenoxy) is 1. The van der Waals surface area contributed by atoms with E-state index in [-0.39, 0.29) is 17.9 Å². The molecule has 0 saturated carbocycles. The van der Waals surface area contributed by atoms with E-state index in [0.29, 0.717) is 43.8 Å². The second-order valence-electron chi connectivity index (χ2n) is 5.73. The molecule has 1 aromatic rings. The maximum absolute atomic E-state index is 12.3. The highest BCUT2D eigenvalue weighted by molar-refractivity contribution is 7.99. The third-order valence-corrected chi connectivity index (χ3v) is 5.01. The predicted molar refractivity (Wildman–Crippen MR) is 94.8 cm³/mol. The molecule has 2 N–H and O–H groups in total. The van der Waals surface area contributed by atoms with Gasteiger partial charge in [-0.25, -0.2) is 4.79 Å². The first-order valence-electron chi connectivity index (χ1n) is 8.08. The topological polar surface area (TPSA) is 95.9 Å². The fraction of sp³-hybridized carbons (Fsp3) is 0.471. The Morgan fingerprint density at radius 2 is 2.04 bits per heavy atom. The third kappa shape index (κ3) is 5.97. The molecule has 0 atom stereocenters. The molecular weight excluding hydrogens is 344 g/mol. The normalized spacial score (nSPS) is 14.8. The van der Waals surface area contributed by atoms with Crippen molar-refractivity contribution in [2.75, 3.05) is 31.3 Å². The number of carbonyl (C=O) groups excluding carboxylic acids is 2. The molecular formula is C17H22N2O5S. The number of carboxylic acid groups (broad SMARTS) is 1. The van der Waals surface area contributed by atoms with Crippen LogP contribution in [0, 0.1) is 5.92 Å². The highest BCUT2D eigenvalue weighted by atomic mass is 32.2. The second-order valence-corrected chi connectivity index (χ2v) is 6.90. The number of aliphatic carboxylic acids is 1. The zero-order valence-corrected chi connectivity index (χ0v) is 14.9. The highest BCUT2D eigenvalue weighted by Crippen LogP contribution is 2.23. The summed E-state index contributed by atoms with van der Waals surface area (Å²) < 4.78 is 4.60. The first kappa shape index (κ1) is 19.1. The molecule has 0 aromatic heterocycles. The number of carboxylic acids is 1. The maximum atomic E-state index is 12.3. The molecule has 136 valence electrons. The van der Waals surface area contributed by atoms with E-state index in [1.807, 2.05) is 18.2 Å². The van der Waals surface area contributed by atoms with Crippen LogP contribution in [0.5, 0.6) is 0 Å². The van der Waals surface area contributed by atoms with E-state index >= 15 is 0 Å². The van der Waals surface area contributed by atoms with Crippen LogP contribution in [0.4, 0.5) is 10.5 Å². The van der Waals surface area contributed by atoms with E-state index in [1.54, 1.807) is 11.0 Å². The minimum absolute atomic E-state index is 0.222. The van der Waals surface area contributed by atoms with Crippen LogP contribution in [0.3, 0.4) is 0 Å². The van der Waals surface area contributed by atoms with Crippen LogP contribution < -0.4 is 5.32 Å². The van der Waals surface area contributed by atoms with Gasteiger partial charge in [0.2, 0.25) is 0 Å². The van der Waals surface area contributed by atoms with Gasteiger partial charge in [0, 0.05) is 29.4 Å². The van der Waals surface area contributed by atoms with Gasteiger partial charge in [0.15, 0.2) is 0 Å². The van der Waals surface area contributed by atoms with Crippen molar-refractivity contribution >= 4 is 35.4 Å². The Balaban J connectivity index is 1.83. The molecule has 0 bridgehead atoms. The number of nitrogens with one attached hydrogen (secondary N) is 1. The van der Waals surface area contributed by atoms with Gasteiger partial charge < -0.3 is 20.1 Å². The van der Waals surface area contributed by atoms with E-state index < -0.39 is 5.97 Å². The molecule has 1 aliphatic heterocycles. The van der Waals surface area contributed by atoms with Gasteiger partial charge in [0.05, 0.1) is 19.4 Å².